The number of aromatic nitrogens is 2. The highest BCUT2D eigenvalue weighted by Gasteiger charge is 2.27. The molecule has 0 saturated carbocycles. The van der Waals surface area contributed by atoms with E-state index in [1.807, 2.05) is 20.9 Å². The van der Waals surface area contributed by atoms with Crippen LogP contribution in [0.3, 0.4) is 0 Å². The van der Waals surface area contributed by atoms with Crippen LogP contribution in [0, 0.1) is 0 Å². The van der Waals surface area contributed by atoms with Crippen LogP contribution in [0.1, 0.15) is 19.5 Å². The minimum Gasteiger partial charge on any atom is -0.334 e. The summed E-state index contributed by atoms with van der Waals surface area (Å²) in [6.45, 7) is 3.66. The van der Waals surface area contributed by atoms with E-state index in [9.17, 15) is 0 Å². The Morgan fingerprint density at radius 1 is 1.67 bits per heavy atom. The number of imidazole rings is 1. The van der Waals surface area contributed by atoms with Gasteiger partial charge in [-0.2, -0.15) is 0 Å². The van der Waals surface area contributed by atoms with Gasteiger partial charge < -0.3 is 4.57 Å². The van der Waals surface area contributed by atoms with Crippen molar-refractivity contribution in [1.29, 1.82) is 0 Å². The molecule has 0 amide bonds. The van der Waals surface area contributed by atoms with Crippen molar-refractivity contribution in [2.45, 2.75) is 19.4 Å². The number of nitrogens with two attached hydrogens (primary N) is 1. The highest BCUT2D eigenvalue weighted by atomic mass is 35.5. The quantitative estimate of drug-likeness (QED) is 0.712. The summed E-state index contributed by atoms with van der Waals surface area (Å²) in [5, 5.41) is 0.424. The summed E-state index contributed by atoms with van der Waals surface area (Å²) in [5.74, 6) is 5.14. The van der Waals surface area contributed by atoms with Crippen molar-refractivity contribution in [3.05, 3.63) is 17.2 Å². The zero-order valence-corrected chi connectivity index (χ0v) is 8.09. The van der Waals surface area contributed by atoms with Crippen molar-refractivity contribution in [2.75, 3.05) is 0 Å². The molecule has 1 aromatic heterocycles. The third-order valence-corrected chi connectivity index (χ3v) is 2.03. The number of rotatable bonds is 2. The minimum atomic E-state index is -0.609. The summed E-state index contributed by atoms with van der Waals surface area (Å²) in [5.41, 5.74) is 0.161. The zero-order chi connectivity index (χ0) is 9.35. The van der Waals surface area contributed by atoms with Gasteiger partial charge in [0.15, 0.2) is 5.15 Å². The van der Waals surface area contributed by atoms with Crippen LogP contribution >= 0.6 is 11.6 Å². The molecule has 0 aliphatic rings. The van der Waals surface area contributed by atoms with Gasteiger partial charge >= 0.3 is 0 Å². The molecule has 0 bridgehead atoms. The van der Waals surface area contributed by atoms with Crippen molar-refractivity contribution in [1.82, 2.24) is 9.55 Å². The molecule has 5 heteroatoms. The normalized spacial score (nSPS) is 12.1. The summed E-state index contributed by atoms with van der Waals surface area (Å²) >= 11 is 5.84. The highest BCUT2D eigenvalue weighted by Crippen LogP contribution is 2.27. The lowest BCUT2D eigenvalue weighted by Gasteiger charge is -2.22. The summed E-state index contributed by atoms with van der Waals surface area (Å²) < 4.78 is 1.79. The van der Waals surface area contributed by atoms with Crippen LogP contribution < -0.4 is 5.90 Å². The van der Waals surface area contributed by atoms with Gasteiger partial charge in [-0.3, -0.25) is 4.84 Å². The fraction of sp³-hybridized carbons (Fsp3) is 0.571. The third kappa shape index (κ3) is 1.46. The summed E-state index contributed by atoms with van der Waals surface area (Å²) in [4.78, 5) is 8.72. The second-order valence-corrected chi connectivity index (χ2v) is 3.48. The molecule has 1 heterocycles. The molecule has 0 unspecified atom stereocenters. The molecule has 0 aromatic carbocycles. The lowest BCUT2D eigenvalue weighted by Crippen LogP contribution is -2.28. The van der Waals surface area contributed by atoms with Crippen molar-refractivity contribution in [3.8, 4) is 0 Å². The zero-order valence-electron chi connectivity index (χ0n) is 7.34. The van der Waals surface area contributed by atoms with E-state index >= 15 is 0 Å². The number of nitrogens with zero attached hydrogens (tertiary/aromatic N) is 2. The van der Waals surface area contributed by atoms with Crippen LogP contribution in [0.4, 0.5) is 0 Å². The molecule has 1 aromatic rings. The summed E-state index contributed by atoms with van der Waals surface area (Å²) in [6.07, 6.45) is 1.62. The first-order valence-electron chi connectivity index (χ1n) is 3.54. The van der Waals surface area contributed by atoms with E-state index in [4.69, 9.17) is 22.3 Å². The minimum absolute atomic E-state index is 0.424. The second-order valence-electron chi connectivity index (χ2n) is 3.12. The largest absolute Gasteiger partial charge is 0.334 e. The predicted molar refractivity (Wildman–Crippen MR) is 46.5 cm³/mol. The maximum absolute atomic E-state index is 5.84. The molecule has 1 rings (SSSR count). The number of hydrogen-bond acceptors (Lipinski definition) is 3. The van der Waals surface area contributed by atoms with E-state index in [-0.39, 0.29) is 0 Å². The summed E-state index contributed by atoms with van der Waals surface area (Å²) in [7, 11) is 1.84. The molecule has 0 saturated heterocycles. The van der Waals surface area contributed by atoms with Crippen molar-refractivity contribution < 1.29 is 4.84 Å². The fourth-order valence-electron chi connectivity index (χ4n) is 1.13. The third-order valence-electron chi connectivity index (χ3n) is 1.76. The Bertz CT molecular complexity index is 263. The van der Waals surface area contributed by atoms with Gasteiger partial charge in [-0.1, -0.05) is 11.6 Å². The molecule has 0 aliphatic heterocycles. The predicted octanol–water partition coefficient (Wildman–Crippen LogP) is 1.20. The van der Waals surface area contributed by atoms with E-state index in [0.717, 1.165) is 5.69 Å². The van der Waals surface area contributed by atoms with Crippen LogP contribution in [0.25, 0.3) is 0 Å². The van der Waals surface area contributed by atoms with Gasteiger partial charge in [0, 0.05) is 7.05 Å². The Kier molecular flexibility index (Phi) is 2.41. The number of halogens is 1. The molecular weight excluding hydrogens is 178 g/mol. The molecular formula is C7H12ClN3O. The molecule has 4 nitrogen and oxygen atoms in total. The van der Waals surface area contributed by atoms with Crippen molar-refractivity contribution in [2.24, 2.45) is 12.9 Å². The van der Waals surface area contributed by atoms with E-state index in [1.54, 1.807) is 10.9 Å². The van der Waals surface area contributed by atoms with Crippen LogP contribution in [0.2, 0.25) is 5.15 Å². The number of aryl methyl sites for hydroxylation is 1. The van der Waals surface area contributed by atoms with E-state index in [1.165, 1.54) is 0 Å². The van der Waals surface area contributed by atoms with Crippen LogP contribution in [-0.2, 0) is 17.5 Å². The van der Waals surface area contributed by atoms with Gasteiger partial charge in [0.1, 0.15) is 5.60 Å². The average Bonchev–Trinajstić information content (AvgIpc) is 2.31. The molecule has 0 radical (unpaired) electrons. The van der Waals surface area contributed by atoms with Gasteiger partial charge in [0.2, 0.25) is 0 Å². The average molecular weight is 190 g/mol. The standard InChI is InChI=1S/C7H12ClN3O/c1-7(2,12-9)5-6(8)10-4-11(5)3/h4H,9H2,1-3H3. The maximum Gasteiger partial charge on any atom is 0.153 e. The first-order chi connectivity index (χ1) is 5.49. The Morgan fingerprint density at radius 3 is 2.58 bits per heavy atom. The maximum atomic E-state index is 5.84. The van der Waals surface area contributed by atoms with Crippen molar-refractivity contribution in [3.63, 3.8) is 0 Å². The lowest BCUT2D eigenvalue weighted by molar-refractivity contribution is -0.0286. The molecule has 68 valence electrons. The lowest BCUT2D eigenvalue weighted by atomic mass is 10.1. The van der Waals surface area contributed by atoms with Gasteiger partial charge in [-0.15, -0.1) is 0 Å². The number of hydrogen-bond donors (Lipinski definition) is 1. The van der Waals surface area contributed by atoms with Gasteiger partial charge in [-0.05, 0) is 13.8 Å². The summed E-state index contributed by atoms with van der Waals surface area (Å²) in [6, 6.07) is 0. The molecule has 12 heavy (non-hydrogen) atoms. The highest BCUT2D eigenvalue weighted by molar-refractivity contribution is 6.30. The smallest absolute Gasteiger partial charge is 0.153 e. The van der Waals surface area contributed by atoms with E-state index in [2.05, 4.69) is 4.98 Å². The molecule has 2 N–H and O–H groups in total. The monoisotopic (exact) mass is 189 g/mol. The first kappa shape index (κ1) is 9.51. The Labute approximate surface area is 76.2 Å². The second kappa shape index (κ2) is 3.05. The molecule has 0 spiro atoms. The molecule has 0 atom stereocenters. The van der Waals surface area contributed by atoms with Crippen LogP contribution in [0.15, 0.2) is 6.33 Å². The van der Waals surface area contributed by atoms with E-state index in [0.29, 0.717) is 5.15 Å². The van der Waals surface area contributed by atoms with Crippen LogP contribution in [0.5, 0.6) is 0 Å². The van der Waals surface area contributed by atoms with Gasteiger partial charge in [-0.25, -0.2) is 10.9 Å². The first-order valence-corrected chi connectivity index (χ1v) is 3.92. The van der Waals surface area contributed by atoms with Crippen LogP contribution in [-0.4, -0.2) is 9.55 Å². The SMILES string of the molecule is Cn1cnc(Cl)c1C(C)(C)ON. The van der Waals surface area contributed by atoms with Gasteiger partial charge in [0.25, 0.3) is 0 Å². The fourth-order valence-corrected chi connectivity index (χ4v) is 1.54. The topological polar surface area (TPSA) is 53.1 Å². The Balaban J connectivity index is 3.17. The molecule has 0 fully saturated rings. The van der Waals surface area contributed by atoms with E-state index < -0.39 is 5.60 Å². The Hall–Kier alpha value is -0.580. The van der Waals surface area contributed by atoms with Crippen molar-refractivity contribution >= 4 is 11.6 Å². The van der Waals surface area contributed by atoms with Gasteiger partial charge in [0.05, 0.1) is 12.0 Å². The Morgan fingerprint density at radius 2 is 2.25 bits per heavy atom. The molecule has 0 aliphatic carbocycles.